The van der Waals surface area contributed by atoms with Gasteiger partial charge >= 0.3 is 0 Å². The second-order valence-corrected chi connectivity index (χ2v) is 4.74. The van der Waals surface area contributed by atoms with E-state index in [0.29, 0.717) is 12.3 Å². The normalized spacial score (nSPS) is 19.8. The maximum atomic E-state index is 11.7. The summed E-state index contributed by atoms with van der Waals surface area (Å²) in [6.45, 7) is 6.32. The van der Waals surface area contributed by atoms with Gasteiger partial charge in [0.2, 0.25) is 5.91 Å². The van der Waals surface area contributed by atoms with Crippen LogP contribution < -0.4 is 10.6 Å². The van der Waals surface area contributed by atoms with Crippen LogP contribution in [0.3, 0.4) is 0 Å². The van der Waals surface area contributed by atoms with E-state index >= 15 is 0 Å². The van der Waals surface area contributed by atoms with E-state index in [9.17, 15) is 4.79 Å². The average molecular weight is 218 g/mol. The summed E-state index contributed by atoms with van der Waals surface area (Å²) in [5.41, 5.74) is 3.13. The van der Waals surface area contributed by atoms with Crippen LogP contribution in [-0.2, 0) is 4.79 Å². The molecule has 0 spiro atoms. The Morgan fingerprint density at radius 3 is 2.81 bits per heavy atom. The summed E-state index contributed by atoms with van der Waals surface area (Å²) in [6, 6.07) is 6.17. The molecule has 1 aliphatic rings. The third-order valence-corrected chi connectivity index (χ3v) is 3.09. The van der Waals surface area contributed by atoms with E-state index in [-0.39, 0.29) is 11.9 Å². The number of benzene rings is 1. The van der Waals surface area contributed by atoms with Gasteiger partial charge in [-0.3, -0.25) is 4.79 Å². The fraction of sp³-hybridized carbons (Fsp3) is 0.462. The van der Waals surface area contributed by atoms with E-state index < -0.39 is 0 Å². The number of rotatable bonds is 1. The van der Waals surface area contributed by atoms with Gasteiger partial charge in [-0.2, -0.15) is 0 Å². The number of carbonyl (C=O) groups is 1. The van der Waals surface area contributed by atoms with Crippen molar-refractivity contribution in [3.05, 3.63) is 23.8 Å². The molecular formula is C13H18N2O. The van der Waals surface area contributed by atoms with Crippen molar-refractivity contribution in [3.63, 3.8) is 0 Å². The molecule has 2 N–H and O–H groups in total. The molecule has 1 heterocycles. The molecule has 0 fully saturated rings. The first-order valence-electron chi connectivity index (χ1n) is 5.74. The third kappa shape index (κ3) is 2.03. The summed E-state index contributed by atoms with van der Waals surface area (Å²) in [4.78, 5) is 11.7. The minimum absolute atomic E-state index is 0.0931. The summed E-state index contributed by atoms with van der Waals surface area (Å²) in [6.07, 6.45) is 0.534. The monoisotopic (exact) mass is 218 g/mol. The Morgan fingerprint density at radius 2 is 2.12 bits per heavy atom. The molecule has 1 unspecified atom stereocenters. The summed E-state index contributed by atoms with van der Waals surface area (Å²) in [5.74, 6) is 0.534. The maximum absolute atomic E-state index is 11.7. The van der Waals surface area contributed by atoms with Crippen molar-refractivity contribution in [1.82, 2.24) is 0 Å². The molecule has 1 aromatic rings. The molecule has 3 heteroatoms. The van der Waals surface area contributed by atoms with Crippen molar-refractivity contribution < 1.29 is 4.79 Å². The number of fused-ring (bicyclic) bond motifs is 1. The van der Waals surface area contributed by atoms with E-state index in [2.05, 4.69) is 37.5 Å². The number of aryl methyl sites for hydroxylation is 1. The van der Waals surface area contributed by atoms with Crippen molar-refractivity contribution in [2.45, 2.75) is 33.2 Å². The molecule has 3 nitrogen and oxygen atoms in total. The molecule has 0 radical (unpaired) electrons. The molecule has 0 bridgehead atoms. The van der Waals surface area contributed by atoms with Crippen LogP contribution in [0.2, 0.25) is 0 Å². The van der Waals surface area contributed by atoms with E-state index in [1.54, 1.807) is 0 Å². The van der Waals surface area contributed by atoms with Crippen molar-refractivity contribution in [3.8, 4) is 0 Å². The van der Waals surface area contributed by atoms with E-state index in [1.165, 1.54) is 5.56 Å². The number of anilines is 2. The first-order chi connectivity index (χ1) is 7.58. The van der Waals surface area contributed by atoms with Gasteiger partial charge in [-0.15, -0.1) is 0 Å². The van der Waals surface area contributed by atoms with E-state index in [0.717, 1.165) is 11.4 Å². The topological polar surface area (TPSA) is 41.1 Å². The van der Waals surface area contributed by atoms with Crippen molar-refractivity contribution in [2.75, 3.05) is 10.6 Å². The van der Waals surface area contributed by atoms with Gasteiger partial charge in [-0.25, -0.2) is 0 Å². The molecule has 0 aromatic heterocycles. The number of carbonyl (C=O) groups excluding carboxylic acids is 1. The van der Waals surface area contributed by atoms with Crippen molar-refractivity contribution >= 4 is 17.3 Å². The van der Waals surface area contributed by atoms with Gasteiger partial charge < -0.3 is 10.6 Å². The zero-order valence-corrected chi connectivity index (χ0v) is 10.0. The lowest BCUT2D eigenvalue weighted by Crippen LogP contribution is -2.28. The van der Waals surface area contributed by atoms with Crippen LogP contribution in [0.25, 0.3) is 0 Å². The molecule has 1 aromatic carbocycles. The fourth-order valence-electron chi connectivity index (χ4n) is 2.00. The van der Waals surface area contributed by atoms with Crippen molar-refractivity contribution in [1.29, 1.82) is 0 Å². The number of para-hydroxylation sites is 1. The minimum atomic E-state index is 0.0931. The second kappa shape index (κ2) is 4.16. The van der Waals surface area contributed by atoms with Crippen LogP contribution >= 0.6 is 0 Å². The number of amides is 1. The number of nitrogens with one attached hydrogen (secondary N) is 2. The standard InChI is InChI=1S/C13H18N2O/c1-8(2)11-7-12(16)14-10-6-4-5-9(3)13(10)15-11/h4-6,8,11,15H,7H2,1-3H3,(H,14,16). The maximum Gasteiger partial charge on any atom is 0.226 e. The molecule has 1 amide bonds. The quantitative estimate of drug-likeness (QED) is 0.761. The van der Waals surface area contributed by atoms with Crippen LogP contribution in [0.1, 0.15) is 25.8 Å². The zero-order chi connectivity index (χ0) is 11.7. The highest BCUT2D eigenvalue weighted by atomic mass is 16.1. The van der Waals surface area contributed by atoms with Gasteiger partial charge in [-0.05, 0) is 24.5 Å². The first kappa shape index (κ1) is 11.0. The molecule has 2 rings (SSSR count). The van der Waals surface area contributed by atoms with Gasteiger partial charge in [0.15, 0.2) is 0 Å². The molecule has 16 heavy (non-hydrogen) atoms. The zero-order valence-electron chi connectivity index (χ0n) is 10.0. The minimum Gasteiger partial charge on any atom is -0.380 e. The third-order valence-electron chi connectivity index (χ3n) is 3.09. The van der Waals surface area contributed by atoms with E-state index in [4.69, 9.17) is 0 Å². The predicted molar refractivity (Wildman–Crippen MR) is 66.7 cm³/mol. The fourth-order valence-corrected chi connectivity index (χ4v) is 2.00. The Balaban J connectivity index is 2.40. The second-order valence-electron chi connectivity index (χ2n) is 4.74. The summed E-state index contributed by atoms with van der Waals surface area (Å²) < 4.78 is 0. The van der Waals surface area contributed by atoms with Gasteiger partial charge in [-0.1, -0.05) is 26.0 Å². The highest BCUT2D eigenvalue weighted by Crippen LogP contribution is 2.30. The SMILES string of the molecule is Cc1cccc2c1NC(C(C)C)CC(=O)N2. The largest absolute Gasteiger partial charge is 0.380 e. The van der Waals surface area contributed by atoms with Crippen LogP contribution in [-0.4, -0.2) is 11.9 Å². The number of hydrogen-bond acceptors (Lipinski definition) is 2. The van der Waals surface area contributed by atoms with E-state index in [1.807, 2.05) is 12.1 Å². The Hall–Kier alpha value is -1.51. The Morgan fingerprint density at radius 1 is 1.38 bits per heavy atom. The van der Waals surface area contributed by atoms with Gasteiger partial charge in [0.1, 0.15) is 0 Å². The molecule has 1 aliphatic heterocycles. The van der Waals surface area contributed by atoms with Gasteiger partial charge in [0.05, 0.1) is 11.4 Å². The Kier molecular flexibility index (Phi) is 2.86. The molecule has 1 atom stereocenters. The molecule has 0 aliphatic carbocycles. The van der Waals surface area contributed by atoms with Gasteiger partial charge in [0, 0.05) is 12.5 Å². The lowest BCUT2D eigenvalue weighted by molar-refractivity contribution is -0.116. The van der Waals surface area contributed by atoms with Crippen LogP contribution in [0.15, 0.2) is 18.2 Å². The lowest BCUT2D eigenvalue weighted by Gasteiger charge is -2.21. The number of hydrogen-bond donors (Lipinski definition) is 2. The molecular weight excluding hydrogens is 200 g/mol. The average Bonchev–Trinajstić information content (AvgIpc) is 2.37. The summed E-state index contributed by atoms with van der Waals surface area (Å²) >= 11 is 0. The highest BCUT2D eigenvalue weighted by molar-refractivity contribution is 5.97. The highest BCUT2D eigenvalue weighted by Gasteiger charge is 2.23. The summed E-state index contributed by atoms with van der Waals surface area (Å²) in [5, 5.41) is 6.42. The van der Waals surface area contributed by atoms with Crippen LogP contribution in [0.5, 0.6) is 0 Å². The summed E-state index contributed by atoms with van der Waals surface area (Å²) in [7, 11) is 0. The molecule has 0 saturated carbocycles. The van der Waals surface area contributed by atoms with Crippen LogP contribution in [0.4, 0.5) is 11.4 Å². The molecule has 0 saturated heterocycles. The Bertz CT molecular complexity index is 412. The van der Waals surface area contributed by atoms with Crippen LogP contribution in [0, 0.1) is 12.8 Å². The van der Waals surface area contributed by atoms with Crippen molar-refractivity contribution in [2.24, 2.45) is 5.92 Å². The molecule has 86 valence electrons. The predicted octanol–water partition coefficient (Wildman–Crippen LogP) is 2.77. The smallest absolute Gasteiger partial charge is 0.226 e. The lowest BCUT2D eigenvalue weighted by atomic mass is 10.0. The first-order valence-corrected chi connectivity index (χ1v) is 5.74. The van der Waals surface area contributed by atoms with Gasteiger partial charge in [0.25, 0.3) is 0 Å². The Labute approximate surface area is 96.2 Å².